The SMILES string of the molecule is CCc1nc(OC)ns1. The molecule has 3 nitrogen and oxygen atoms in total. The molecule has 0 bridgehead atoms. The van der Waals surface area contributed by atoms with Crippen molar-refractivity contribution in [3.8, 4) is 6.01 Å². The Morgan fingerprint density at radius 2 is 2.44 bits per heavy atom. The van der Waals surface area contributed by atoms with Gasteiger partial charge in [-0.3, -0.25) is 0 Å². The van der Waals surface area contributed by atoms with Gasteiger partial charge in [0.2, 0.25) is 0 Å². The molecule has 0 radical (unpaired) electrons. The smallest absolute Gasteiger partial charge is 0.328 e. The zero-order chi connectivity index (χ0) is 6.69. The second-order valence-corrected chi connectivity index (χ2v) is 2.36. The first-order chi connectivity index (χ1) is 4.36. The minimum atomic E-state index is 0.483. The largest absolute Gasteiger partial charge is 0.466 e. The maximum absolute atomic E-state index is 4.78. The summed E-state index contributed by atoms with van der Waals surface area (Å²) in [5, 5.41) is 1.02. The third-order valence-electron chi connectivity index (χ3n) is 0.934. The summed E-state index contributed by atoms with van der Waals surface area (Å²) in [5.41, 5.74) is 0. The van der Waals surface area contributed by atoms with Crippen LogP contribution in [0.2, 0.25) is 0 Å². The molecule has 0 spiro atoms. The molecule has 0 N–H and O–H groups in total. The summed E-state index contributed by atoms with van der Waals surface area (Å²) < 4.78 is 8.70. The van der Waals surface area contributed by atoms with Crippen LogP contribution >= 0.6 is 11.5 Å². The molecule has 50 valence electrons. The summed E-state index contributed by atoms with van der Waals surface area (Å²) in [6.07, 6.45) is 0.932. The first-order valence-electron chi connectivity index (χ1n) is 2.73. The highest BCUT2D eigenvalue weighted by Crippen LogP contribution is 2.09. The highest BCUT2D eigenvalue weighted by molar-refractivity contribution is 7.05. The van der Waals surface area contributed by atoms with Gasteiger partial charge in [-0.2, -0.15) is 4.98 Å². The van der Waals surface area contributed by atoms with Gasteiger partial charge in [0, 0.05) is 0 Å². The summed E-state index contributed by atoms with van der Waals surface area (Å²) in [5.74, 6) is 0. The van der Waals surface area contributed by atoms with Crippen LogP contribution in [0, 0.1) is 0 Å². The molecule has 0 fully saturated rings. The molecule has 0 aliphatic rings. The third-order valence-corrected chi connectivity index (χ3v) is 1.77. The van der Waals surface area contributed by atoms with E-state index < -0.39 is 0 Å². The molecule has 0 amide bonds. The van der Waals surface area contributed by atoms with Crippen LogP contribution in [-0.4, -0.2) is 16.5 Å². The van der Waals surface area contributed by atoms with Crippen LogP contribution in [0.1, 0.15) is 11.9 Å². The van der Waals surface area contributed by atoms with Gasteiger partial charge < -0.3 is 4.74 Å². The molecule has 1 aromatic rings. The van der Waals surface area contributed by atoms with E-state index in [-0.39, 0.29) is 0 Å². The molecular formula is C5H8N2OS. The molecule has 4 heteroatoms. The summed E-state index contributed by atoms with van der Waals surface area (Å²) in [6, 6.07) is 0.483. The van der Waals surface area contributed by atoms with Gasteiger partial charge >= 0.3 is 6.01 Å². The highest BCUT2D eigenvalue weighted by Gasteiger charge is 1.98. The average Bonchev–Trinajstić information content (AvgIpc) is 2.34. The van der Waals surface area contributed by atoms with Crippen LogP contribution in [0.3, 0.4) is 0 Å². The van der Waals surface area contributed by atoms with Gasteiger partial charge in [0.25, 0.3) is 0 Å². The van der Waals surface area contributed by atoms with Crippen molar-refractivity contribution in [1.82, 2.24) is 9.36 Å². The minimum Gasteiger partial charge on any atom is -0.466 e. The molecule has 1 heterocycles. The monoisotopic (exact) mass is 144 g/mol. The Bertz CT molecular complexity index is 168. The normalized spacial score (nSPS) is 9.56. The lowest BCUT2D eigenvalue weighted by atomic mass is 10.5. The highest BCUT2D eigenvalue weighted by atomic mass is 32.1. The van der Waals surface area contributed by atoms with Crippen LogP contribution in [0.5, 0.6) is 6.01 Å². The maximum atomic E-state index is 4.78. The predicted octanol–water partition coefficient (Wildman–Crippen LogP) is 1.11. The zero-order valence-corrected chi connectivity index (χ0v) is 6.23. The summed E-state index contributed by atoms with van der Waals surface area (Å²) >= 11 is 1.39. The molecule has 0 aromatic carbocycles. The Kier molecular flexibility index (Phi) is 2.00. The Labute approximate surface area is 57.9 Å². The molecule has 9 heavy (non-hydrogen) atoms. The summed E-state index contributed by atoms with van der Waals surface area (Å²) in [6.45, 7) is 2.04. The van der Waals surface area contributed by atoms with Crippen molar-refractivity contribution in [3.63, 3.8) is 0 Å². The van der Waals surface area contributed by atoms with Gasteiger partial charge in [0.05, 0.1) is 7.11 Å². The lowest BCUT2D eigenvalue weighted by Gasteiger charge is -1.84. The molecular weight excluding hydrogens is 136 g/mol. The summed E-state index contributed by atoms with van der Waals surface area (Å²) in [4.78, 5) is 4.03. The Morgan fingerprint density at radius 1 is 1.67 bits per heavy atom. The van der Waals surface area contributed by atoms with Crippen molar-refractivity contribution in [3.05, 3.63) is 5.01 Å². The number of ether oxygens (including phenoxy) is 1. The fourth-order valence-corrected chi connectivity index (χ4v) is 1.01. The number of aryl methyl sites for hydroxylation is 1. The molecule has 0 saturated heterocycles. The van der Waals surface area contributed by atoms with E-state index in [1.165, 1.54) is 11.5 Å². The molecule has 1 rings (SSSR count). The van der Waals surface area contributed by atoms with Crippen LogP contribution in [-0.2, 0) is 6.42 Å². The van der Waals surface area contributed by atoms with Gasteiger partial charge in [-0.05, 0) is 18.0 Å². The third kappa shape index (κ3) is 1.38. The van der Waals surface area contributed by atoms with Crippen LogP contribution in [0.4, 0.5) is 0 Å². The van der Waals surface area contributed by atoms with E-state index in [0.717, 1.165) is 11.4 Å². The number of hydrogen-bond donors (Lipinski definition) is 0. The number of hydrogen-bond acceptors (Lipinski definition) is 4. The molecule has 0 atom stereocenters. The Morgan fingerprint density at radius 3 is 2.78 bits per heavy atom. The molecule has 0 unspecified atom stereocenters. The predicted molar refractivity (Wildman–Crippen MR) is 35.8 cm³/mol. The first kappa shape index (κ1) is 6.48. The standard InChI is InChI=1S/C5H8N2OS/c1-3-4-6-5(8-2)7-9-4/h3H2,1-2H3. The van der Waals surface area contributed by atoms with E-state index >= 15 is 0 Å². The van der Waals surface area contributed by atoms with Gasteiger partial charge in [-0.15, -0.1) is 4.37 Å². The molecule has 1 aromatic heterocycles. The lowest BCUT2D eigenvalue weighted by Crippen LogP contribution is -1.84. The minimum absolute atomic E-state index is 0.483. The number of methoxy groups -OCH3 is 1. The van der Waals surface area contributed by atoms with E-state index in [4.69, 9.17) is 4.74 Å². The zero-order valence-electron chi connectivity index (χ0n) is 5.42. The van der Waals surface area contributed by atoms with E-state index in [1.54, 1.807) is 7.11 Å². The number of nitrogens with zero attached hydrogens (tertiary/aromatic N) is 2. The van der Waals surface area contributed by atoms with E-state index in [9.17, 15) is 0 Å². The Hall–Kier alpha value is -0.640. The van der Waals surface area contributed by atoms with Crippen LogP contribution in [0.15, 0.2) is 0 Å². The van der Waals surface area contributed by atoms with Gasteiger partial charge in [0.15, 0.2) is 0 Å². The summed E-state index contributed by atoms with van der Waals surface area (Å²) in [7, 11) is 1.57. The number of rotatable bonds is 2. The van der Waals surface area contributed by atoms with Crippen molar-refractivity contribution in [2.24, 2.45) is 0 Å². The average molecular weight is 144 g/mol. The lowest BCUT2D eigenvalue weighted by molar-refractivity contribution is 0.385. The fraction of sp³-hybridized carbons (Fsp3) is 0.600. The van der Waals surface area contributed by atoms with E-state index in [0.29, 0.717) is 6.01 Å². The van der Waals surface area contributed by atoms with Crippen molar-refractivity contribution < 1.29 is 4.74 Å². The van der Waals surface area contributed by atoms with Gasteiger partial charge in [-0.1, -0.05) is 6.92 Å². The van der Waals surface area contributed by atoms with E-state index in [2.05, 4.69) is 9.36 Å². The van der Waals surface area contributed by atoms with Crippen LogP contribution < -0.4 is 4.74 Å². The quantitative estimate of drug-likeness (QED) is 0.623. The van der Waals surface area contributed by atoms with E-state index in [1.807, 2.05) is 6.92 Å². The van der Waals surface area contributed by atoms with Crippen molar-refractivity contribution in [2.45, 2.75) is 13.3 Å². The molecule has 0 aliphatic heterocycles. The van der Waals surface area contributed by atoms with Gasteiger partial charge in [0.1, 0.15) is 5.01 Å². The molecule has 0 aliphatic carbocycles. The maximum Gasteiger partial charge on any atom is 0.328 e. The second kappa shape index (κ2) is 2.77. The van der Waals surface area contributed by atoms with Gasteiger partial charge in [-0.25, -0.2) is 0 Å². The second-order valence-electron chi connectivity index (χ2n) is 1.53. The fourth-order valence-electron chi connectivity index (χ4n) is 0.466. The first-order valence-corrected chi connectivity index (χ1v) is 3.50. The van der Waals surface area contributed by atoms with Crippen LogP contribution in [0.25, 0.3) is 0 Å². The Balaban J connectivity index is 2.74. The van der Waals surface area contributed by atoms with Crippen molar-refractivity contribution in [1.29, 1.82) is 0 Å². The van der Waals surface area contributed by atoms with Crippen molar-refractivity contribution in [2.75, 3.05) is 7.11 Å². The topological polar surface area (TPSA) is 35.0 Å². The molecule has 0 saturated carbocycles. The van der Waals surface area contributed by atoms with Crippen molar-refractivity contribution >= 4 is 11.5 Å². The number of aromatic nitrogens is 2.